The molecule has 0 radical (unpaired) electrons. The monoisotopic (exact) mass is 277 g/mol. The van der Waals surface area contributed by atoms with E-state index in [1.54, 1.807) is 16.0 Å². The zero-order valence-corrected chi connectivity index (χ0v) is 11.7. The fraction of sp³-hybridized carbons (Fsp3) is 0.231. The molecule has 3 rings (SSSR count). The number of halogens is 1. The zero-order valence-electron chi connectivity index (χ0n) is 10.1. The van der Waals surface area contributed by atoms with E-state index in [2.05, 4.69) is 30.0 Å². The van der Waals surface area contributed by atoms with E-state index in [-0.39, 0.29) is 0 Å². The van der Waals surface area contributed by atoms with Crippen LogP contribution in [0.3, 0.4) is 0 Å². The fourth-order valence-electron chi connectivity index (χ4n) is 1.74. The molecule has 5 heteroatoms. The molecule has 92 valence electrons. The lowest BCUT2D eigenvalue weighted by molar-refractivity contribution is 0.767. The lowest BCUT2D eigenvalue weighted by Crippen LogP contribution is -1.97. The van der Waals surface area contributed by atoms with Crippen LogP contribution in [0, 0.1) is 0 Å². The van der Waals surface area contributed by atoms with Crippen LogP contribution in [0.1, 0.15) is 25.5 Å². The predicted molar refractivity (Wildman–Crippen MR) is 75.8 cm³/mol. The van der Waals surface area contributed by atoms with Gasteiger partial charge in [0.15, 0.2) is 0 Å². The Morgan fingerprint density at radius 1 is 1.28 bits per heavy atom. The first-order chi connectivity index (χ1) is 8.65. The van der Waals surface area contributed by atoms with Crippen molar-refractivity contribution in [3.8, 4) is 5.13 Å². The minimum absolute atomic E-state index is 0.359. The molecule has 0 unspecified atom stereocenters. The highest BCUT2D eigenvalue weighted by atomic mass is 35.5. The van der Waals surface area contributed by atoms with Gasteiger partial charge in [0.2, 0.25) is 5.13 Å². The van der Waals surface area contributed by atoms with Crippen molar-refractivity contribution in [1.82, 2.24) is 14.8 Å². The van der Waals surface area contributed by atoms with Crippen molar-refractivity contribution in [2.45, 2.75) is 19.8 Å². The summed E-state index contributed by atoms with van der Waals surface area (Å²) in [6.45, 7) is 4.20. The van der Waals surface area contributed by atoms with Gasteiger partial charge in [0.1, 0.15) is 5.15 Å². The van der Waals surface area contributed by atoms with Gasteiger partial charge in [0.05, 0.1) is 15.9 Å². The number of thiazole rings is 1. The first-order valence-electron chi connectivity index (χ1n) is 5.76. The summed E-state index contributed by atoms with van der Waals surface area (Å²) in [5, 5.41) is 5.93. The third-order valence-corrected chi connectivity index (χ3v) is 4.02. The summed E-state index contributed by atoms with van der Waals surface area (Å²) in [5.41, 5.74) is 1.97. The molecule has 0 saturated heterocycles. The minimum atomic E-state index is 0.359. The van der Waals surface area contributed by atoms with Crippen molar-refractivity contribution < 1.29 is 0 Å². The topological polar surface area (TPSA) is 30.7 Å². The molecular formula is C13H12ClN3S. The van der Waals surface area contributed by atoms with Crippen molar-refractivity contribution in [2.24, 2.45) is 0 Å². The van der Waals surface area contributed by atoms with Crippen LogP contribution in [0.5, 0.6) is 0 Å². The Labute approximate surface area is 114 Å². The first kappa shape index (κ1) is 11.7. The second kappa shape index (κ2) is 4.37. The van der Waals surface area contributed by atoms with Crippen LogP contribution in [-0.4, -0.2) is 14.8 Å². The molecular weight excluding hydrogens is 266 g/mol. The molecule has 0 N–H and O–H groups in total. The number of rotatable bonds is 2. The molecule has 1 aromatic carbocycles. The van der Waals surface area contributed by atoms with E-state index in [0.717, 1.165) is 21.0 Å². The van der Waals surface area contributed by atoms with Crippen LogP contribution < -0.4 is 0 Å². The molecule has 0 aliphatic carbocycles. The number of fused-ring (bicyclic) bond motifs is 1. The maximum atomic E-state index is 6.22. The summed E-state index contributed by atoms with van der Waals surface area (Å²) in [7, 11) is 0. The Morgan fingerprint density at radius 2 is 2.06 bits per heavy atom. The van der Waals surface area contributed by atoms with Gasteiger partial charge in [-0.2, -0.15) is 9.78 Å². The van der Waals surface area contributed by atoms with Gasteiger partial charge in [0, 0.05) is 0 Å². The first-order valence-corrected chi connectivity index (χ1v) is 6.96. The maximum absolute atomic E-state index is 6.22. The summed E-state index contributed by atoms with van der Waals surface area (Å²) in [6.07, 6.45) is 0. The lowest BCUT2D eigenvalue weighted by Gasteiger charge is -1.98. The van der Waals surface area contributed by atoms with Gasteiger partial charge in [-0.15, -0.1) is 0 Å². The van der Waals surface area contributed by atoms with Gasteiger partial charge in [-0.3, -0.25) is 0 Å². The number of benzene rings is 1. The molecule has 0 saturated carbocycles. The van der Waals surface area contributed by atoms with Gasteiger partial charge >= 0.3 is 0 Å². The SMILES string of the molecule is CC(C)c1cc(Cl)n(-c2nc3ccccc3s2)n1. The lowest BCUT2D eigenvalue weighted by atomic mass is 10.1. The van der Waals surface area contributed by atoms with E-state index < -0.39 is 0 Å². The third kappa shape index (κ3) is 1.91. The Bertz CT molecular complexity index is 666. The molecule has 3 aromatic rings. The Kier molecular flexibility index (Phi) is 2.84. The molecule has 2 heterocycles. The molecule has 0 amide bonds. The van der Waals surface area contributed by atoms with Crippen molar-refractivity contribution in [3.05, 3.63) is 41.2 Å². The average Bonchev–Trinajstić information content (AvgIpc) is 2.91. The highest BCUT2D eigenvalue weighted by molar-refractivity contribution is 7.20. The highest BCUT2D eigenvalue weighted by Crippen LogP contribution is 2.28. The van der Waals surface area contributed by atoms with Gasteiger partial charge in [-0.25, -0.2) is 4.98 Å². The molecule has 0 aliphatic heterocycles. The summed E-state index contributed by atoms with van der Waals surface area (Å²) < 4.78 is 2.85. The zero-order chi connectivity index (χ0) is 12.7. The number of hydrogen-bond acceptors (Lipinski definition) is 3. The summed E-state index contributed by atoms with van der Waals surface area (Å²) in [4.78, 5) is 4.55. The van der Waals surface area contributed by atoms with E-state index in [9.17, 15) is 0 Å². The van der Waals surface area contributed by atoms with Crippen molar-refractivity contribution in [3.63, 3.8) is 0 Å². The number of para-hydroxylation sites is 1. The largest absolute Gasteiger partial charge is 0.218 e. The minimum Gasteiger partial charge on any atom is -0.218 e. The molecule has 0 fully saturated rings. The van der Waals surface area contributed by atoms with E-state index in [1.165, 1.54) is 0 Å². The van der Waals surface area contributed by atoms with Crippen LogP contribution in [0.2, 0.25) is 5.15 Å². The van der Waals surface area contributed by atoms with Crippen LogP contribution in [-0.2, 0) is 0 Å². The molecule has 0 atom stereocenters. The average molecular weight is 278 g/mol. The van der Waals surface area contributed by atoms with Crippen LogP contribution in [0.25, 0.3) is 15.3 Å². The smallest absolute Gasteiger partial charge is 0.212 e. The van der Waals surface area contributed by atoms with Crippen LogP contribution in [0.4, 0.5) is 0 Å². The number of hydrogen-bond donors (Lipinski definition) is 0. The maximum Gasteiger partial charge on any atom is 0.212 e. The summed E-state index contributed by atoms with van der Waals surface area (Å²) in [5.74, 6) is 0.359. The molecule has 0 aliphatic rings. The normalized spacial score (nSPS) is 11.6. The Hall–Kier alpha value is -1.39. The van der Waals surface area contributed by atoms with E-state index in [1.807, 2.05) is 24.3 Å². The Morgan fingerprint density at radius 3 is 2.72 bits per heavy atom. The quantitative estimate of drug-likeness (QED) is 0.701. The van der Waals surface area contributed by atoms with Crippen molar-refractivity contribution in [2.75, 3.05) is 0 Å². The highest BCUT2D eigenvalue weighted by Gasteiger charge is 2.13. The third-order valence-electron chi connectivity index (χ3n) is 2.74. The molecule has 0 bridgehead atoms. The van der Waals surface area contributed by atoms with Gasteiger partial charge in [-0.1, -0.05) is 48.9 Å². The standard InChI is InChI=1S/C13H12ClN3S/c1-8(2)10-7-12(14)17(16-10)13-15-9-5-3-4-6-11(9)18-13/h3-8H,1-2H3. The number of nitrogens with zero attached hydrogens (tertiary/aromatic N) is 3. The predicted octanol–water partition coefficient (Wildman–Crippen LogP) is 4.26. The fourth-order valence-corrected chi connectivity index (χ4v) is 2.95. The molecule has 18 heavy (non-hydrogen) atoms. The number of aromatic nitrogens is 3. The van der Waals surface area contributed by atoms with E-state index in [4.69, 9.17) is 11.6 Å². The van der Waals surface area contributed by atoms with Gasteiger partial charge < -0.3 is 0 Å². The second-order valence-electron chi connectivity index (χ2n) is 4.42. The Balaban J connectivity index is 2.13. The molecule has 3 nitrogen and oxygen atoms in total. The van der Waals surface area contributed by atoms with E-state index in [0.29, 0.717) is 11.1 Å². The van der Waals surface area contributed by atoms with Crippen LogP contribution in [0.15, 0.2) is 30.3 Å². The van der Waals surface area contributed by atoms with E-state index >= 15 is 0 Å². The van der Waals surface area contributed by atoms with Gasteiger partial charge in [0.25, 0.3) is 0 Å². The van der Waals surface area contributed by atoms with Gasteiger partial charge in [-0.05, 0) is 24.1 Å². The van der Waals surface area contributed by atoms with Crippen LogP contribution >= 0.6 is 22.9 Å². The summed E-state index contributed by atoms with van der Waals surface area (Å²) in [6, 6.07) is 9.94. The molecule has 2 aromatic heterocycles. The van der Waals surface area contributed by atoms with Crippen molar-refractivity contribution in [1.29, 1.82) is 0 Å². The molecule has 0 spiro atoms. The second-order valence-corrected chi connectivity index (χ2v) is 5.82. The van der Waals surface area contributed by atoms with Crippen molar-refractivity contribution >= 4 is 33.2 Å². The summed E-state index contributed by atoms with van der Waals surface area (Å²) >= 11 is 7.81.